The molecule has 0 spiro atoms. The molecule has 8 heteroatoms. The van der Waals surface area contributed by atoms with Gasteiger partial charge in [-0.3, -0.25) is 0 Å². The molecular formula is C9H9F6NO. The molecule has 0 fully saturated rings. The molecule has 0 amide bonds. The minimum atomic E-state index is -5.47. The van der Waals surface area contributed by atoms with Crippen LogP contribution in [0.3, 0.4) is 0 Å². The number of allylic oxidation sites excluding steroid dienone is 2. The summed E-state index contributed by atoms with van der Waals surface area (Å²) < 4.78 is 74.1. The van der Waals surface area contributed by atoms with Gasteiger partial charge in [-0.15, -0.1) is 0 Å². The van der Waals surface area contributed by atoms with Crippen LogP contribution < -0.4 is 5.73 Å². The van der Waals surface area contributed by atoms with Crippen LogP contribution in [-0.4, -0.2) is 23.2 Å². The minimum absolute atomic E-state index is 0.674. The third-order valence-corrected chi connectivity index (χ3v) is 2.21. The van der Waals surface area contributed by atoms with Crippen LogP contribution in [0, 0.1) is 5.92 Å². The van der Waals surface area contributed by atoms with E-state index in [0.29, 0.717) is 6.08 Å². The molecule has 2 nitrogen and oxygen atoms in total. The first-order chi connectivity index (χ1) is 7.43. The van der Waals surface area contributed by atoms with Crippen LogP contribution in [0.1, 0.15) is 6.42 Å². The molecule has 0 aromatic heterocycles. The van der Waals surface area contributed by atoms with Gasteiger partial charge in [0.15, 0.2) is 5.92 Å². The Hall–Kier alpha value is -1.02. The van der Waals surface area contributed by atoms with Crippen molar-refractivity contribution >= 4 is 0 Å². The van der Waals surface area contributed by atoms with Crippen molar-refractivity contribution in [2.75, 3.05) is 0 Å². The van der Waals surface area contributed by atoms with Gasteiger partial charge in [0.25, 0.3) is 0 Å². The van der Waals surface area contributed by atoms with Crippen LogP contribution in [-0.2, 0) is 0 Å². The third kappa shape index (κ3) is 3.47. The van der Waals surface area contributed by atoms with Crippen LogP contribution in [0.5, 0.6) is 0 Å². The van der Waals surface area contributed by atoms with Gasteiger partial charge in [0.2, 0.25) is 0 Å². The Morgan fingerprint density at radius 2 is 1.65 bits per heavy atom. The van der Waals surface area contributed by atoms with E-state index in [1.54, 1.807) is 0 Å². The predicted molar refractivity (Wildman–Crippen MR) is 46.6 cm³/mol. The highest BCUT2D eigenvalue weighted by Gasteiger charge is 2.58. The highest BCUT2D eigenvalue weighted by Crippen LogP contribution is 2.46. The maximum Gasteiger partial charge on any atom is 0.404 e. The normalized spacial score (nSPS) is 26.3. The van der Waals surface area contributed by atoms with E-state index < -0.39 is 36.0 Å². The summed E-state index contributed by atoms with van der Waals surface area (Å²) in [6.07, 6.45) is -9.36. The van der Waals surface area contributed by atoms with Gasteiger partial charge in [-0.25, -0.2) is 0 Å². The van der Waals surface area contributed by atoms with E-state index in [2.05, 4.69) is 0 Å². The summed E-state index contributed by atoms with van der Waals surface area (Å²) in [6.45, 7) is 0. The van der Waals surface area contributed by atoms with Crippen molar-refractivity contribution in [2.24, 2.45) is 11.7 Å². The zero-order valence-electron chi connectivity index (χ0n) is 8.31. The van der Waals surface area contributed by atoms with Gasteiger partial charge in [0.05, 0.1) is 0 Å². The van der Waals surface area contributed by atoms with Gasteiger partial charge in [0, 0.05) is 6.42 Å². The van der Waals surface area contributed by atoms with E-state index >= 15 is 0 Å². The lowest BCUT2D eigenvalue weighted by Crippen LogP contribution is -2.44. The molecule has 0 bridgehead atoms. The van der Waals surface area contributed by atoms with Gasteiger partial charge in [0.1, 0.15) is 5.72 Å². The second kappa shape index (κ2) is 4.02. The maximum absolute atomic E-state index is 12.3. The van der Waals surface area contributed by atoms with E-state index in [1.807, 2.05) is 0 Å². The minimum Gasteiger partial charge on any atom is -0.372 e. The second-order valence-corrected chi connectivity index (χ2v) is 3.78. The van der Waals surface area contributed by atoms with Crippen molar-refractivity contribution in [3.8, 4) is 0 Å². The Kier molecular flexibility index (Phi) is 3.32. The predicted octanol–water partition coefficient (Wildman–Crippen LogP) is 2.26. The lowest BCUT2D eigenvalue weighted by molar-refractivity contribution is -0.272. The fraction of sp³-hybridized carbons (Fsp3) is 0.556. The average Bonchev–Trinajstić information content (AvgIpc) is 1.94. The lowest BCUT2D eigenvalue weighted by Gasteiger charge is -2.30. The zero-order valence-corrected chi connectivity index (χ0v) is 8.31. The first-order valence-corrected chi connectivity index (χ1v) is 4.46. The smallest absolute Gasteiger partial charge is 0.372 e. The highest BCUT2D eigenvalue weighted by molar-refractivity contribution is 5.27. The Labute approximate surface area is 92.4 Å². The molecule has 98 valence electrons. The molecule has 0 aliphatic heterocycles. The van der Waals surface area contributed by atoms with Crippen LogP contribution in [0.25, 0.3) is 0 Å². The SMILES string of the molecule is NC1(O)C=CC=C(C(C(F)(F)F)C(F)(F)F)C1. The van der Waals surface area contributed by atoms with E-state index in [1.165, 1.54) is 0 Å². The fourth-order valence-corrected chi connectivity index (χ4v) is 1.59. The number of rotatable bonds is 1. The average molecular weight is 261 g/mol. The summed E-state index contributed by atoms with van der Waals surface area (Å²) in [5.41, 5.74) is 1.90. The molecule has 0 saturated carbocycles. The van der Waals surface area contributed by atoms with Crippen molar-refractivity contribution in [1.82, 2.24) is 0 Å². The van der Waals surface area contributed by atoms with Crippen LogP contribution >= 0.6 is 0 Å². The van der Waals surface area contributed by atoms with E-state index in [-0.39, 0.29) is 0 Å². The maximum atomic E-state index is 12.3. The number of hydrogen-bond donors (Lipinski definition) is 2. The fourth-order valence-electron chi connectivity index (χ4n) is 1.59. The summed E-state index contributed by atoms with van der Waals surface area (Å²) in [5, 5.41) is 9.24. The summed E-state index contributed by atoms with van der Waals surface area (Å²) in [4.78, 5) is 0. The van der Waals surface area contributed by atoms with Gasteiger partial charge in [-0.05, 0) is 11.6 Å². The number of aliphatic hydroxyl groups is 1. The van der Waals surface area contributed by atoms with Crippen molar-refractivity contribution < 1.29 is 31.4 Å². The van der Waals surface area contributed by atoms with Gasteiger partial charge in [-0.2, -0.15) is 26.3 Å². The Balaban J connectivity index is 3.10. The Bertz CT molecular complexity index is 337. The number of alkyl halides is 6. The van der Waals surface area contributed by atoms with Crippen molar-refractivity contribution in [1.29, 1.82) is 0 Å². The van der Waals surface area contributed by atoms with E-state index in [0.717, 1.165) is 12.2 Å². The number of halogens is 6. The van der Waals surface area contributed by atoms with Gasteiger partial charge in [-0.1, -0.05) is 12.2 Å². The van der Waals surface area contributed by atoms with Crippen molar-refractivity contribution in [2.45, 2.75) is 24.5 Å². The van der Waals surface area contributed by atoms with E-state index in [4.69, 9.17) is 5.73 Å². The quantitative estimate of drug-likeness (QED) is 0.561. The standard InChI is InChI=1S/C9H9F6NO/c10-8(11,12)6(9(13,14)15)5-2-1-3-7(16,17)4-5/h1-3,6,17H,4,16H2. The molecule has 1 unspecified atom stereocenters. The van der Waals surface area contributed by atoms with Crippen molar-refractivity contribution in [3.05, 3.63) is 23.8 Å². The first kappa shape index (κ1) is 14.0. The molecule has 1 aliphatic rings. The van der Waals surface area contributed by atoms with Gasteiger partial charge < -0.3 is 10.8 Å². The third-order valence-electron chi connectivity index (χ3n) is 2.21. The molecule has 17 heavy (non-hydrogen) atoms. The second-order valence-electron chi connectivity index (χ2n) is 3.78. The molecule has 0 heterocycles. The number of nitrogens with two attached hydrogens (primary N) is 1. The summed E-state index contributed by atoms with van der Waals surface area (Å²) in [6, 6.07) is 0. The van der Waals surface area contributed by atoms with Crippen molar-refractivity contribution in [3.63, 3.8) is 0 Å². The molecule has 1 aliphatic carbocycles. The molecule has 0 saturated heterocycles. The number of hydrogen-bond acceptors (Lipinski definition) is 2. The Morgan fingerprint density at radius 1 is 1.18 bits per heavy atom. The Morgan fingerprint density at radius 3 is 2.00 bits per heavy atom. The molecule has 0 aromatic carbocycles. The summed E-state index contributed by atoms with van der Waals surface area (Å²) >= 11 is 0. The van der Waals surface area contributed by atoms with E-state index in [9.17, 15) is 31.4 Å². The van der Waals surface area contributed by atoms with Gasteiger partial charge >= 0.3 is 12.4 Å². The summed E-state index contributed by atoms with van der Waals surface area (Å²) in [7, 11) is 0. The molecule has 0 aromatic rings. The largest absolute Gasteiger partial charge is 0.404 e. The zero-order chi connectivity index (χ0) is 13.5. The van der Waals surface area contributed by atoms with Crippen LogP contribution in [0.2, 0.25) is 0 Å². The monoisotopic (exact) mass is 261 g/mol. The van der Waals surface area contributed by atoms with Crippen LogP contribution in [0.15, 0.2) is 23.8 Å². The molecule has 0 radical (unpaired) electrons. The molecule has 1 atom stereocenters. The topological polar surface area (TPSA) is 46.2 Å². The molecule has 1 rings (SSSR count). The molecule has 3 N–H and O–H groups in total. The first-order valence-electron chi connectivity index (χ1n) is 4.46. The molecular weight excluding hydrogens is 252 g/mol. The van der Waals surface area contributed by atoms with Crippen LogP contribution in [0.4, 0.5) is 26.3 Å². The summed E-state index contributed by atoms with van der Waals surface area (Å²) in [5.74, 6) is -3.60. The highest BCUT2D eigenvalue weighted by atomic mass is 19.4. The lowest BCUT2D eigenvalue weighted by atomic mass is 9.87.